The van der Waals surface area contributed by atoms with Crippen molar-refractivity contribution in [3.63, 3.8) is 0 Å². The van der Waals surface area contributed by atoms with Crippen LogP contribution in [0.1, 0.15) is 40.9 Å². The highest BCUT2D eigenvalue weighted by Gasteiger charge is 2.24. The molecular weight excluding hydrogens is 592 g/mol. The fraction of sp³-hybridized carbons (Fsp3) is 0.367. The molecule has 2 heterocycles. The number of aromatic nitrogens is 2. The number of halogens is 1. The molecule has 42 heavy (non-hydrogen) atoms. The van der Waals surface area contributed by atoms with Crippen LogP contribution in [0, 0.1) is 11.8 Å². The van der Waals surface area contributed by atoms with Crippen molar-refractivity contribution in [1.29, 1.82) is 0 Å². The predicted octanol–water partition coefficient (Wildman–Crippen LogP) is 5.54. The third-order valence-electron chi connectivity index (χ3n) is 7.52. The van der Waals surface area contributed by atoms with Crippen molar-refractivity contribution < 1.29 is 13.2 Å². The Kier molecular flexibility index (Phi) is 9.62. The number of amides is 1. The number of anilines is 2. The number of sulfonamides is 1. The molecule has 0 bridgehead atoms. The van der Waals surface area contributed by atoms with Gasteiger partial charge in [-0.15, -0.1) is 11.3 Å². The maximum absolute atomic E-state index is 12.9. The highest BCUT2D eigenvalue weighted by atomic mass is 35.5. The average Bonchev–Trinajstić information content (AvgIpc) is 3.48. The molecule has 2 aromatic carbocycles. The second kappa shape index (κ2) is 13.4. The van der Waals surface area contributed by atoms with E-state index in [1.165, 1.54) is 0 Å². The second-order valence-corrected chi connectivity index (χ2v) is 14.4. The summed E-state index contributed by atoms with van der Waals surface area (Å²) in [7, 11) is 0.348. The summed E-state index contributed by atoms with van der Waals surface area (Å²) in [6.45, 7) is 1.46. The molecular formula is C30H35ClN6O3S2. The van der Waals surface area contributed by atoms with Crippen LogP contribution in [0.2, 0.25) is 5.02 Å². The van der Waals surface area contributed by atoms with Crippen LogP contribution in [0.15, 0.2) is 64.9 Å². The predicted molar refractivity (Wildman–Crippen MR) is 170 cm³/mol. The molecule has 1 saturated carbocycles. The van der Waals surface area contributed by atoms with Gasteiger partial charge in [-0.3, -0.25) is 4.79 Å². The lowest BCUT2D eigenvalue weighted by Gasteiger charge is -2.28. The third kappa shape index (κ3) is 7.57. The molecule has 0 atom stereocenters. The summed E-state index contributed by atoms with van der Waals surface area (Å²) < 4.78 is 28.9. The summed E-state index contributed by atoms with van der Waals surface area (Å²) in [5, 5.41) is 7.84. The van der Waals surface area contributed by atoms with Crippen LogP contribution in [0.5, 0.6) is 0 Å². The summed E-state index contributed by atoms with van der Waals surface area (Å²) >= 11 is 7.04. The maximum Gasteiger partial charge on any atom is 0.251 e. The Bertz CT molecular complexity index is 1630. The Morgan fingerprint density at radius 1 is 0.952 bits per heavy atom. The number of carbonyl (C=O) groups excluding carboxylic acids is 1. The zero-order chi connectivity index (χ0) is 29.7. The fourth-order valence-corrected chi connectivity index (χ4v) is 7.70. The topological polar surface area (TPSA) is 116 Å². The molecule has 0 aliphatic heterocycles. The van der Waals surface area contributed by atoms with Crippen molar-refractivity contribution >= 4 is 61.5 Å². The van der Waals surface area contributed by atoms with E-state index in [0.29, 0.717) is 34.9 Å². The first-order valence-electron chi connectivity index (χ1n) is 14.0. The van der Waals surface area contributed by atoms with Gasteiger partial charge in [0.2, 0.25) is 16.0 Å². The van der Waals surface area contributed by atoms with E-state index in [1.807, 2.05) is 43.3 Å². The van der Waals surface area contributed by atoms with Crippen molar-refractivity contribution in [2.45, 2.75) is 36.4 Å². The van der Waals surface area contributed by atoms with Gasteiger partial charge in [0.1, 0.15) is 10.0 Å². The van der Waals surface area contributed by atoms with Gasteiger partial charge in [-0.05, 0) is 86.1 Å². The SMILES string of the molecule is CN(C)c1nc(NCC2CCC(CNS(=O)(=O)c3ccc(CNC(=O)c4ccc(Cl)cc4)s3)CC2)nc2ccccc12. The fourth-order valence-electron chi connectivity index (χ4n) is 5.12. The van der Waals surface area contributed by atoms with Crippen LogP contribution in [0.3, 0.4) is 0 Å². The molecule has 222 valence electrons. The molecule has 12 heteroatoms. The van der Waals surface area contributed by atoms with E-state index >= 15 is 0 Å². The molecule has 0 radical (unpaired) electrons. The molecule has 0 spiro atoms. The average molecular weight is 627 g/mol. The largest absolute Gasteiger partial charge is 0.362 e. The molecule has 3 N–H and O–H groups in total. The number of thiophene rings is 1. The zero-order valence-electron chi connectivity index (χ0n) is 23.6. The van der Waals surface area contributed by atoms with Crippen molar-refractivity contribution in [2.75, 3.05) is 37.4 Å². The van der Waals surface area contributed by atoms with E-state index < -0.39 is 10.0 Å². The standard InChI is InChI=1S/C30H35ClN6O3S2/c1-37(2)28-25-5-3-4-6-26(25)35-30(36-28)33-17-20-7-9-21(10-8-20)18-34-42(39,40)27-16-15-24(41-27)19-32-29(38)22-11-13-23(31)14-12-22/h3-6,11-16,20-21,34H,7-10,17-19H2,1-2H3,(H,32,38)(H,33,35,36). The molecule has 1 fully saturated rings. The summed E-state index contributed by atoms with van der Waals surface area (Å²) in [5.74, 6) is 2.06. The molecule has 4 aromatic rings. The van der Waals surface area contributed by atoms with Gasteiger partial charge in [0.15, 0.2) is 0 Å². The maximum atomic E-state index is 12.9. The monoisotopic (exact) mass is 626 g/mol. The van der Waals surface area contributed by atoms with Gasteiger partial charge in [0, 0.05) is 48.0 Å². The number of rotatable bonds is 11. The Morgan fingerprint density at radius 2 is 1.64 bits per heavy atom. The summed E-state index contributed by atoms with van der Waals surface area (Å²) in [6.07, 6.45) is 3.96. The van der Waals surface area contributed by atoms with E-state index in [9.17, 15) is 13.2 Å². The highest BCUT2D eigenvalue weighted by Crippen LogP contribution is 2.30. The molecule has 0 saturated heterocycles. The number of benzene rings is 2. The molecule has 5 rings (SSSR count). The summed E-state index contributed by atoms with van der Waals surface area (Å²) in [4.78, 5) is 24.5. The smallest absolute Gasteiger partial charge is 0.251 e. The normalized spacial score (nSPS) is 17.2. The lowest BCUT2D eigenvalue weighted by Crippen LogP contribution is -2.32. The van der Waals surface area contributed by atoms with E-state index in [4.69, 9.17) is 21.6 Å². The van der Waals surface area contributed by atoms with Crippen molar-refractivity contribution in [1.82, 2.24) is 20.0 Å². The van der Waals surface area contributed by atoms with E-state index in [2.05, 4.69) is 15.4 Å². The van der Waals surface area contributed by atoms with Crippen LogP contribution in [0.25, 0.3) is 10.9 Å². The minimum Gasteiger partial charge on any atom is -0.362 e. The number of fused-ring (bicyclic) bond motifs is 1. The quantitative estimate of drug-likeness (QED) is 0.200. The first-order chi connectivity index (χ1) is 20.2. The van der Waals surface area contributed by atoms with Gasteiger partial charge >= 0.3 is 0 Å². The lowest BCUT2D eigenvalue weighted by atomic mass is 9.82. The first-order valence-corrected chi connectivity index (χ1v) is 16.7. The Labute approximate surface area is 255 Å². The molecule has 9 nitrogen and oxygen atoms in total. The van der Waals surface area contributed by atoms with Crippen LogP contribution < -0.4 is 20.3 Å². The zero-order valence-corrected chi connectivity index (χ0v) is 26.0. The third-order valence-corrected chi connectivity index (χ3v) is 10.8. The van der Waals surface area contributed by atoms with Crippen molar-refractivity contribution in [3.05, 3.63) is 76.1 Å². The minimum absolute atomic E-state index is 0.239. The number of hydrogen-bond acceptors (Lipinski definition) is 8. The minimum atomic E-state index is -3.61. The molecule has 2 aromatic heterocycles. The van der Waals surface area contributed by atoms with E-state index in [-0.39, 0.29) is 16.7 Å². The molecule has 0 unspecified atom stereocenters. The Hall–Kier alpha value is -3.25. The number of para-hydroxylation sites is 1. The van der Waals surface area contributed by atoms with Crippen LogP contribution in [-0.2, 0) is 16.6 Å². The highest BCUT2D eigenvalue weighted by molar-refractivity contribution is 7.91. The van der Waals surface area contributed by atoms with Gasteiger partial charge in [0.05, 0.1) is 12.1 Å². The number of carbonyl (C=O) groups is 1. The molecule has 1 aliphatic carbocycles. The van der Waals surface area contributed by atoms with Gasteiger partial charge in [-0.1, -0.05) is 23.7 Å². The number of hydrogen-bond donors (Lipinski definition) is 3. The Balaban J connectivity index is 1.07. The first kappa shape index (κ1) is 30.2. The van der Waals surface area contributed by atoms with E-state index in [0.717, 1.165) is 65.2 Å². The second-order valence-electron chi connectivity index (χ2n) is 10.8. The Morgan fingerprint density at radius 3 is 2.36 bits per heavy atom. The van der Waals surface area contributed by atoms with Gasteiger partial charge in [0.25, 0.3) is 5.91 Å². The van der Waals surface area contributed by atoms with Crippen molar-refractivity contribution in [3.8, 4) is 0 Å². The van der Waals surface area contributed by atoms with Crippen LogP contribution >= 0.6 is 22.9 Å². The van der Waals surface area contributed by atoms with Crippen LogP contribution in [-0.4, -0.2) is 51.5 Å². The van der Waals surface area contributed by atoms with E-state index in [1.54, 1.807) is 36.4 Å². The van der Waals surface area contributed by atoms with Crippen molar-refractivity contribution in [2.24, 2.45) is 11.8 Å². The summed E-state index contributed by atoms with van der Waals surface area (Å²) in [6, 6.07) is 17.9. The summed E-state index contributed by atoms with van der Waals surface area (Å²) in [5.41, 5.74) is 1.41. The van der Waals surface area contributed by atoms with Gasteiger partial charge in [-0.25, -0.2) is 18.1 Å². The molecule has 1 aliphatic rings. The van der Waals surface area contributed by atoms with Crippen LogP contribution in [0.4, 0.5) is 11.8 Å². The number of nitrogens with one attached hydrogen (secondary N) is 3. The number of nitrogens with zero attached hydrogens (tertiary/aromatic N) is 3. The lowest BCUT2D eigenvalue weighted by molar-refractivity contribution is 0.0951. The van der Waals surface area contributed by atoms with Gasteiger partial charge in [-0.2, -0.15) is 4.98 Å². The molecule has 1 amide bonds. The van der Waals surface area contributed by atoms with Gasteiger partial charge < -0.3 is 15.5 Å².